The van der Waals surface area contributed by atoms with Crippen molar-refractivity contribution in [2.45, 2.75) is 19.4 Å². The Kier molecular flexibility index (Phi) is 3.78. The Bertz CT molecular complexity index is 883. The van der Waals surface area contributed by atoms with Crippen LogP contribution in [0.1, 0.15) is 12.5 Å². The van der Waals surface area contributed by atoms with E-state index in [-0.39, 0.29) is 0 Å². The minimum absolute atomic E-state index is 0.332. The zero-order chi connectivity index (χ0) is 16.5. The summed E-state index contributed by atoms with van der Waals surface area (Å²) in [6.45, 7) is 2.19. The summed E-state index contributed by atoms with van der Waals surface area (Å²) in [7, 11) is 0. The van der Waals surface area contributed by atoms with Crippen molar-refractivity contribution in [3.63, 3.8) is 0 Å². The quantitative estimate of drug-likeness (QED) is 0.770. The van der Waals surface area contributed by atoms with Crippen LogP contribution in [0.25, 0.3) is 0 Å². The molecule has 0 amide bonds. The van der Waals surface area contributed by atoms with E-state index in [1.54, 1.807) is 6.20 Å². The third-order valence-corrected chi connectivity index (χ3v) is 4.32. The largest absolute Gasteiger partial charge is 0.323 e. The average molecular weight is 338 g/mol. The predicted octanol–water partition coefficient (Wildman–Crippen LogP) is 4.35. The van der Waals surface area contributed by atoms with E-state index < -0.39 is 0 Å². The molecule has 1 unspecified atom stereocenters. The van der Waals surface area contributed by atoms with Gasteiger partial charge in [-0.1, -0.05) is 35.9 Å². The average Bonchev–Trinajstić information content (AvgIpc) is 2.91. The molecule has 4 rings (SSSR count). The molecular formula is C18H16ClN5. The van der Waals surface area contributed by atoms with Crippen molar-refractivity contribution in [1.29, 1.82) is 0 Å². The number of rotatable bonds is 3. The van der Waals surface area contributed by atoms with E-state index in [1.807, 2.05) is 30.3 Å². The number of nitrogens with zero attached hydrogens (tertiary/aromatic N) is 4. The number of para-hydroxylation sites is 1. The lowest BCUT2D eigenvalue weighted by molar-refractivity contribution is 0.745. The molecule has 5 nitrogen and oxygen atoms in total. The van der Waals surface area contributed by atoms with Gasteiger partial charge in [-0.15, -0.1) is 5.10 Å². The number of aromatic nitrogens is 3. The summed E-state index contributed by atoms with van der Waals surface area (Å²) in [6, 6.07) is 16.2. The first-order valence-electron chi connectivity index (χ1n) is 7.80. The second-order valence-corrected chi connectivity index (χ2v) is 6.26. The Morgan fingerprint density at radius 2 is 2.04 bits per heavy atom. The maximum Gasteiger partial charge on any atom is 0.249 e. The molecule has 1 N–H and O–H groups in total. The fourth-order valence-corrected chi connectivity index (χ4v) is 3.26. The van der Waals surface area contributed by atoms with Crippen LogP contribution in [0.2, 0.25) is 5.02 Å². The molecule has 120 valence electrons. The highest BCUT2D eigenvalue weighted by Crippen LogP contribution is 2.37. The van der Waals surface area contributed by atoms with Crippen molar-refractivity contribution in [2.75, 3.05) is 10.2 Å². The van der Waals surface area contributed by atoms with Crippen LogP contribution in [0.5, 0.6) is 0 Å². The van der Waals surface area contributed by atoms with Crippen molar-refractivity contribution < 1.29 is 0 Å². The molecule has 0 saturated heterocycles. The van der Waals surface area contributed by atoms with Gasteiger partial charge in [0.2, 0.25) is 5.95 Å². The number of nitrogens with one attached hydrogen (secondary N) is 1. The molecular weight excluding hydrogens is 322 g/mol. The van der Waals surface area contributed by atoms with Crippen LogP contribution >= 0.6 is 11.6 Å². The van der Waals surface area contributed by atoms with Crippen molar-refractivity contribution in [1.82, 2.24) is 15.2 Å². The first-order chi connectivity index (χ1) is 11.7. The fraction of sp³-hybridized carbons (Fsp3) is 0.167. The van der Waals surface area contributed by atoms with Gasteiger partial charge in [0.15, 0.2) is 5.82 Å². The van der Waals surface area contributed by atoms with E-state index >= 15 is 0 Å². The van der Waals surface area contributed by atoms with Crippen LogP contribution < -0.4 is 10.2 Å². The van der Waals surface area contributed by atoms with Crippen molar-refractivity contribution >= 4 is 34.7 Å². The molecule has 0 spiro atoms. The molecule has 1 aliphatic heterocycles. The molecule has 0 saturated carbocycles. The Morgan fingerprint density at radius 1 is 1.17 bits per heavy atom. The zero-order valence-corrected chi connectivity index (χ0v) is 13.9. The number of benzene rings is 2. The van der Waals surface area contributed by atoms with Gasteiger partial charge in [0, 0.05) is 22.4 Å². The highest BCUT2D eigenvalue weighted by molar-refractivity contribution is 6.30. The van der Waals surface area contributed by atoms with Crippen LogP contribution in [0.3, 0.4) is 0 Å². The molecule has 1 aromatic heterocycles. The van der Waals surface area contributed by atoms with Gasteiger partial charge in [-0.05, 0) is 43.2 Å². The second kappa shape index (κ2) is 6.09. The van der Waals surface area contributed by atoms with Gasteiger partial charge in [0.25, 0.3) is 0 Å². The summed E-state index contributed by atoms with van der Waals surface area (Å²) >= 11 is 6.02. The summed E-state index contributed by atoms with van der Waals surface area (Å²) in [5.41, 5.74) is 3.34. The van der Waals surface area contributed by atoms with Gasteiger partial charge in [0.1, 0.15) is 0 Å². The monoisotopic (exact) mass is 337 g/mol. The van der Waals surface area contributed by atoms with Gasteiger partial charge in [0.05, 0.1) is 6.20 Å². The van der Waals surface area contributed by atoms with Crippen LogP contribution in [-0.4, -0.2) is 21.2 Å². The van der Waals surface area contributed by atoms with E-state index in [9.17, 15) is 0 Å². The van der Waals surface area contributed by atoms with Crippen LogP contribution in [0.15, 0.2) is 54.7 Å². The molecule has 0 aliphatic carbocycles. The van der Waals surface area contributed by atoms with E-state index in [0.29, 0.717) is 17.0 Å². The SMILES string of the molecule is CC1Cc2ccccc2N1c1cnnc(Nc2cccc(Cl)c2)n1. The van der Waals surface area contributed by atoms with Crippen molar-refractivity contribution in [2.24, 2.45) is 0 Å². The lowest BCUT2D eigenvalue weighted by atomic mass is 10.1. The fourth-order valence-electron chi connectivity index (χ4n) is 3.07. The summed E-state index contributed by atoms with van der Waals surface area (Å²) in [6.07, 6.45) is 2.69. The summed E-state index contributed by atoms with van der Waals surface area (Å²) < 4.78 is 0. The third kappa shape index (κ3) is 2.78. The topological polar surface area (TPSA) is 53.9 Å². The second-order valence-electron chi connectivity index (χ2n) is 5.83. The number of fused-ring (bicyclic) bond motifs is 1. The first-order valence-corrected chi connectivity index (χ1v) is 8.18. The highest BCUT2D eigenvalue weighted by Gasteiger charge is 2.28. The van der Waals surface area contributed by atoms with E-state index in [1.165, 1.54) is 11.3 Å². The summed E-state index contributed by atoms with van der Waals surface area (Å²) in [5.74, 6) is 1.23. The number of hydrogen-bond acceptors (Lipinski definition) is 5. The van der Waals surface area contributed by atoms with E-state index in [0.717, 1.165) is 17.9 Å². The molecule has 24 heavy (non-hydrogen) atoms. The van der Waals surface area contributed by atoms with Gasteiger partial charge < -0.3 is 10.2 Å². The smallest absolute Gasteiger partial charge is 0.249 e. The Hall–Kier alpha value is -2.66. The van der Waals surface area contributed by atoms with Crippen LogP contribution in [0, 0.1) is 0 Å². The number of anilines is 4. The molecule has 6 heteroatoms. The normalized spacial score (nSPS) is 16.1. The van der Waals surface area contributed by atoms with Crippen molar-refractivity contribution in [3.8, 4) is 0 Å². The van der Waals surface area contributed by atoms with E-state index in [2.05, 4.69) is 50.5 Å². The van der Waals surface area contributed by atoms with E-state index in [4.69, 9.17) is 11.6 Å². The third-order valence-electron chi connectivity index (χ3n) is 4.08. The maximum atomic E-state index is 6.02. The Balaban J connectivity index is 1.66. The van der Waals surface area contributed by atoms with Gasteiger partial charge >= 0.3 is 0 Å². The standard InChI is InChI=1S/C18H16ClN5/c1-12-9-13-5-2-3-8-16(13)24(12)17-11-20-23-18(22-17)21-15-7-4-6-14(19)10-15/h2-8,10-12H,9H2,1H3,(H,21,22,23). The Labute approximate surface area is 145 Å². The highest BCUT2D eigenvalue weighted by atomic mass is 35.5. The minimum atomic E-state index is 0.332. The lowest BCUT2D eigenvalue weighted by Gasteiger charge is -2.23. The van der Waals surface area contributed by atoms with Gasteiger partial charge in [-0.3, -0.25) is 0 Å². The molecule has 2 aromatic carbocycles. The van der Waals surface area contributed by atoms with Gasteiger partial charge in [-0.25, -0.2) is 0 Å². The molecule has 3 aromatic rings. The number of hydrogen-bond donors (Lipinski definition) is 1. The summed E-state index contributed by atoms with van der Waals surface area (Å²) in [5, 5.41) is 12.0. The summed E-state index contributed by atoms with van der Waals surface area (Å²) in [4.78, 5) is 6.83. The lowest BCUT2D eigenvalue weighted by Crippen LogP contribution is -2.25. The maximum absolute atomic E-state index is 6.02. The molecule has 0 bridgehead atoms. The van der Waals surface area contributed by atoms with Gasteiger partial charge in [-0.2, -0.15) is 10.1 Å². The molecule has 0 fully saturated rings. The van der Waals surface area contributed by atoms with Crippen molar-refractivity contribution in [3.05, 3.63) is 65.3 Å². The predicted molar refractivity (Wildman–Crippen MR) is 96.3 cm³/mol. The molecule has 1 atom stereocenters. The Morgan fingerprint density at radius 3 is 2.92 bits per heavy atom. The van der Waals surface area contributed by atoms with Crippen LogP contribution in [-0.2, 0) is 6.42 Å². The van der Waals surface area contributed by atoms with Crippen LogP contribution in [0.4, 0.5) is 23.1 Å². The molecule has 1 aliphatic rings. The minimum Gasteiger partial charge on any atom is -0.323 e. The molecule has 2 heterocycles. The zero-order valence-electron chi connectivity index (χ0n) is 13.1. The first kappa shape index (κ1) is 14.9. The number of halogens is 1. The molecule has 0 radical (unpaired) electrons.